The molecule has 35 heavy (non-hydrogen) atoms. The van der Waals surface area contributed by atoms with E-state index in [1.165, 1.54) is 25.7 Å². The first-order valence-corrected chi connectivity index (χ1v) is 12.9. The summed E-state index contributed by atoms with van der Waals surface area (Å²) in [6, 6.07) is 19.7. The Morgan fingerprint density at radius 3 is 2.34 bits per heavy atom. The first-order valence-electron chi connectivity index (χ1n) is 12.9. The summed E-state index contributed by atoms with van der Waals surface area (Å²) < 4.78 is 5.20. The van der Waals surface area contributed by atoms with E-state index in [0.717, 1.165) is 47.9 Å². The van der Waals surface area contributed by atoms with Crippen molar-refractivity contribution in [2.24, 2.45) is 5.92 Å². The lowest BCUT2D eigenvalue weighted by molar-refractivity contribution is 0.0392. The molecule has 3 aromatic carbocycles. The van der Waals surface area contributed by atoms with Crippen molar-refractivity contribution in [1.82, 2.24) is 10.2 Å². The van der Waals surface area contributed by atoms with Gasteiger partial charge in [0.15, 0.2) is 0 Å². The summed E-state index contributed by atoms with van der Waals surface area (Å²) >= 11 is 0. The smallest absolute Gasteiger partial charge is 0.254 e. The first kappa shape index (κ1) is 23.4. The minimum Gasteiger partial charge on any atom is -0.497 e. The van der Waals surface area contributed by atoms with Gasteiger partial charge in [-0.25, -0.2) is 0 Å². The number of hydrogen-bond donors (Lipinski definition) is 1. The van der Waals surface area contributed by atoms with E-state index in [0.29, 0.717) is 29.6 Å². The number of nitrogens with zero attached hydrogens (tertiary/aromatic N) is 1. The second-order valence-corrected chi connectivity index (χ2v) is 9.81. The fourth-order valence-corrected chi connectivity index (χ4v) is 5.92. The monoisotopic (exact) mass is 470 g/mol. The second kappa shape index (κ2) is 10.5. The van der Waals surface area contributed by atoms with Crippen LogP contribution in [0.25, 0.3) is 10.8 Å². The third kappa shape index (κ3) is 4.90. The molecule has 2 atom stereocenters. The van der Waals surface area contributed by atoms with Gasteiger partial charge in [0.1, 0.15) is 5.75 Å². The maximum absolute atomic E-state index is 13.7. The lowest BCUT2D eigenvalue weighted by Gasteiger charge is -2.44. The molecule has 1 saturated carbocycles. The number of amides is 2. The van der Waals surface area contributed by atoms with Crippen molar-refractivity contribution < 1.29 is 14.3 Å². The molecule has 0 bridgehead atoms. The minimum absolute atomic E-state index is 0.112. The molecule has 5 rings (SSSR count). The maximum atomic E-state index is 13.7. The Morgan fingerprint density at radius 1 is 0.886 bits per heavy atom. The highest BCUT2D eigenvalue weighted by Gasteiger charge is 2.36. The number of rotatable bonds is 6. The van der Waals surface area contributed by atoms with Gasteiger partial charge in [0.05, 0.1) is 7.11 Å². The van der Waals surface area contributed by atoms with Gasteiger partial charge in [-0.15, -0.1) is 0 Å². The number of hydrogen-bond acceptors (Lipinski definition) is 3. The Balaban J connectivity index is 1.33. The zero-order valence-corrected chi connectivity index (χ0v) is 20.5. The Labute approximate surface area is 207 Å². The fourth-order valence-electron chi connectivity index (χ4n) is 5.92. The van der Waals surface area contributed by atoms with Gasteiger partial charge < -0.3 is 15.0 Å². The van der Waals surface area contributed by atoms with Gasteiger partial charge in [-0.2, -0.15) is 0 Å². The molecule has 0 aromatic heterocycles. The van der Waals surface area contributed by atoms with E-state index in [1.54, 1.807) is 7.11 Å². The molecule has 1 N–H and O–H groups in total. The number of methoxy groups -OCH3 is 1. The Hall–Kier alpha value is -3.34. The van der Waals surface area contributed by atoms with Crippen LogP contribution in [0.3, 0.4) is 0 Å². The fraction of sp³-hybridized carbons (Fsp3) is 0.400. The molecule has 1 heterocycles. The molecule has 182 valence electrons. The van der Waals surface area contributed by atoms with E-state index in [1.807, 2.05) is 60.7 Å². The Kier molecular flexibility index (Phi) is 7.03. The van der Waals surface area contributed by atoms with Crippen molar-refractivity contribution in [2.75, 3.05) is 20.2 Å². The van der Waals surface area contributed by atoms with Gasteiger partial charge in [-0.05, 0) is 78.6 Å². The molecule has 0 spiro atoms. The van der Waals surface area contributed by atoms with Crippen LogP contribution in [0.15, 0.2) is 60.7 Å². The van der Waals surface area contributed by atoms with Crippen LogP contribution in [0.5, 0.6) is 5.75 Å². The van der Waals surface area contributed by atoms with Crippen molar-refractivity contribution in [3.8, 4) is 5.75 Å². The third-order valence-electron chi connectivity index (χ3n) is 7.76. The molecule has 3 aromatic rings. The van der Waals surface area contributed by atoms with Gasteiger partial charge in [-0.1, -0.05) is 49.2 Å². The van der Waals surface area contributed by atoms with Crippen molar-refractivity contribution in [2.45, 2.75) is 51.0 Å². The second-order valence-electron chi connectivity index (χ2n) is 9.81. The molecular weight excluding hydrogens is 436 g/mol. The van der Waals surface area contributed by atoms with Crippen molar-refractivity contribution >= 4 is 22.6 Å². The van der Waals surface area contributed by atoms with E-state index in [4.69, 9.17) is 4.74 Å². The van der Waals surface area contributed by atoms with Crippen molar-refractivity contribution in [1.29, 1.82) is 0 Å². The summed E-state index contributed by atoms with van der Waals surface area (Å²) in [5, 5.41) is 4.74. The molecule has 5 nitrogen and oxygen atoms in total. The molecule has 2 amide bonds. The van der Waals surface area contributed by atoms with Gasteiger partial charge >= 0.3 is 0 Å². The highest BCUT2D eigenvalue weighted by atomic mass is 16.5. The van der Waals surface area contributed by atoms with Crippen LogP contribution in [0.4, 0.5) is 0 Å². The lowest BCUT2D eigenvalue weighted by atomic mass is 9.78. The Morgan fingerprint density at radius 2 is 1.57 bits per heavy atom. The number of carbonyl (C=O) groups is 2. The number of nitrogens with one attached hydrogen (secondary N) is 1. The third-order valence-corrected chi connectivity index (χ3v) is 7.76. The summed E-state index contributed by atoms with van der Waals surface area (Å²) in [6.45, 7) is 1.37. The highest BCUT2D eigenvalue weighted by Crippen LogP contribution is 2.36. The van der Waals surface area contributed by atoms with Crippen molar-refractivity contribution in [3.05, 3.63) is 77.4 Å². The molecule has 0 radical (unpaired) electrons. The average Bonchev–Trinajstić information content (AvgIpc) is 2.92. The molecule has 1 aliphatic heterocycles. The summed E-state index contributed by atoms with van der Waals surface area (Å²) in [6.07, 6.45) is 7.91. The van der Waals surface area contributed by atoms with Gasteiger partial charge in [0.2, 0.25) is 0 Å². The lowest BCUT2D eigenvalue weighted by Crippen LogP contribution is -2.49. The van der Waals surface area contributed by atoms with Crippen LogP contribution in [0.2, 0.25) is 0 Å². The topological polar surface area (TPSA) is 58.6 Å². The summed E-state index contributed by atoms with van der Waals surface area (Å²) in [4.78, 5) is 29.0. The number of ether oxygens (including phenoxy) is 1. The number of benzene rings is 3. The maximum Gasteiger partial charge on any atom is 0.254 e. The summed E-state index contributed by atoms with van der Waals surface area (Å²) in [5.41, 5.74) is 2.46. The normalized spacial score (nSPS) is 19.7. The standard InChI is InChI=1S/C30H34N2O3/c1-35-23-14-12-21(13-15-23)18-19-31-29(33)26-16-17-27(25-10-4-3-9-24(25)26)30(34)32-20-6-8-22-7-2-5-11-28(22)32/h3-4,9-10,12-17,22,28H,2,5-8,11,18-20H2,1H3,(H,31,33)/t22-,28-/m0/s1. The summed E-state index contributed by atoms with van der Waals surface area (Å²) in [7, 11) is 1.65. The van der Waals surface area contributed by atoms with E-state index in [9.17, 15) is 9.59 Å². The predicted octanol–water partition coefficient (Wildman–Crippen LogP) is 5.62. The van der Waals surface area contributed by atoms with Gasteiger partial charge in [0, 0.05) is 30.3 Å². The Bertz CT molecular complexity index is 1200. The predicted molar refractivity (Wildman–Crippen MR) is 139 cm³/mol. The quantitative estimate of drug-likeness (QED) is 0.509. The molecule has 1 aliphatic carbocycles. The summed E-state index contributed by atoms with van der Waals surface area (Å²) in [5.74, 6) is 1.47. The highest BCUT2D eigenvalue weighted by molar-refractivity contribution is 6.14. The van der Waals surface area contributed by atoms with Crippen LogP contribution >= 0.6 is 0 Å². The molecule has 2 aliphatic rings. The van der Waals surface area contributed by atoms with E-state index in [-0.39, 0.29) is 11.8 Å². The van der Waals surface area contributed by atoms with Crippen LogP contribution in [-0.2, 0) is 6.42 Å². The van der Waals surface area contributed by atoms with E-state index >= 15 is 0 Å². The van der Waals surface area contributed by atoms with E-state index in [2.05, 4.69) is 10.2 Å². The van der Waals surface area contributed by atoms with Gasteiger partial charge in [0.25, 0.3) is 11.8 Å². The number of piperidine rings is 1. The minimum atomic E-state index is -0.112. The SMILES string of the molecule is COc1ccc(CCNC(=O)c2ccc(C(=O)N3CCC[C@@H]4CCCC[C@@H]43)c3ccccc23)cc1. The largest absolute Gasteiger partial charge is 0.497 e. The molecule has 1 saturated heterocycles. The van der Waals surface area contributed by atoms with Crippen LogP contribution in [0.1, 0.15) is 64.8 Å². The van der Waals surface area contributed by atoms with Crippen LogP contribution in [-0.4, -0.2) is 43.0 Å². The molecule has 2 fully saturated rings. The molecule has 5 heteroatoms. The zero-order valence-electron chi connectivity index (χ0n) is 20.5. The van der Waals surface area contributed by atoms with Crippen molar-refractivity contribution in [3.63, 3.8) is 0 Å². The van der Waals surface area contributed by atoms with E-state index < -0.39 is 0 Å². The molecular formula is C30H34N2O3. The number of fused-ring (bicyclic) bond motifs is 2. The average molecular weight is 471 g/mol. The number of likely N-dealkylation sites (tertiary alicyclic amines) is 1. The zero-order chi connectivity index (χ0) is 24.2. The first-order chi connectivity index (χ1) is 17.2. The number of carbonyl (C=O) groups excluding carboxylic acids is 2. The van der Waals surface area contributed by atoms with Gasteiger partial charge in [-0.3, -0.25) is 9.59 Å². The van der Waals surface area contributed by atoms with Crippen LogP contribution in [0, 0.1) is 5.92 Å². The molecule has 0 unspecified atom stereocenters. The van der Waals surface area contributed by atoms with Crippen LogP contribution < -0.4 is 10.1 Å².